The maximum atomic E-state index is 12.4. The van der Waals surface area contributed by atoms with E-state index in [0.717, 1.165) is 17.9 Å². The summed E-state index contributed by atoms with van der Waals surface area (Å²) in [5.41, 5.74) is -1.02. The largest absolute Gasteiger partial charge is 0.481 e. The highest BCUT2D eigenvalue weighted by atomic mass is 32.2. The lowest BCUT2D eigenvalue weighted by Gasteiger charge is -2.31. The van der Waals surface area contributed by atoms with Gasteiger partial charge in [0.2, 0.25) is 5.91 Å². The van der Waals surface area contributed by atoms with Crippen molar-refractivity contribution < 1.29 is 19.4 Å². The van der Waals surface area contributed by atoms with E-state index in [1.54, 1.807) is 25.9 Å². The Hall–Kier alpha value is -0.750. The third-order valence-electron chi connectivity index (χ3n) is 3.38. The Labute approximate surface area is 118 Å². The van der Waals surface area contributed by atoms with Crippen LogP contribution in [0.5, 0.6) is 0 Å². The lowest BCUT2D eigenvalue weighted by molar-refractivity contribution is -0.152. The quantitative estimate of drug-likeness (QED) is 0.768. The van der Waals surface area contributed by atoms with E-state index in [9.17, 15) is 9.59 Å². The van der Waals surface area contributed by atoms with Crippen LogP contribution >= 0.6 is 11.8 Å². The fourth-order valence-corrected chi connectivity index (χ4v) is 3.25. The summed E-state index contributed by atoms with van der Waals surface area (Å²) < 4.78 is 5.04. The molecule has 0 aliphatic carbocycles. The molecular weight excluding hydrogens is 266 g/mol. The molecule has 1 amide bonds. The predicted octanol–water partition coefficient (Wildman–Crippen LogP) is 1.47. The third kappa shape index (κ3) is 4.69. The van der Waals surface area contributed by atoms with Crippen LogP contribution in [0.2, 0.25) is 0 Å². The summed E-state index contributed by atoms with van der Waals surface area (Å²) in [6.07, 6.45) is 1.01. The first kappa shape index (κ1) is 16.3. The average molecular weight is 289 g/mol. The van der Waals surface area contributed by atoms with Crippen molar-refractivity contribution in [1.29, 1.82) is 0 Å². The van der Waals surface area contributed by atoms with Gasteiger partial charge in [-0.1, -0.05) is 0 Å². The average Bonchev–Trinajstić information content (AvgIpc) is 2.82. The van der Waals surface area contributed by atoms with E-state index in [1.807, 2.05) is 11.8 Å². The third-order valence-corrected chi connectivity index (χ3v) is 4.52. The van der Waals surface area contributed by atoms with Crippen LogP contribution in [0.4, 0.5) is 0 Å². The molecule has 0 radical (unpaired) electrons. The molecule has 1 atom stereocenters. The van der Waals surface area contributed by atoms with Gasteiger partial charge in [0, 0.05) is 31.9 Å². The van der Waals surface area contributed by atoms with Gasteiger partial charge in [0.25, 0.3) is 0 Å². The molecule has 1 unspecified atom stereocenters. The Morgan fingerprint density at radius 1 is 1.47 bits per heavy atom. The van der Waals surface area contributed by atoms with Crippen LogP contribution in [0.25, 0.3) is 0 Å². The molecule has 6 heteroatoms. The minimum absolute atomic E-state index is 0.0349. The zero-order valence-corrected chi connectivity index (χ0v) is 12.7. The molecule has 1 saturated heterocycles. The van der Waals surface area contributed by atoms with Gasteiger partial charge in [-0.05, 0) is 26.0 Å². The molecule has 0 spiro atoms. The number of amides is 1. The molecule has 1 fully saturated rings. The van der Waals surface area contributed by atoms with Gasteiger partial charge in [0.1, 0.15) is 0 Å². The van der Waals surface area contributed by atoms with Crippen molar-refractivity contribution in [3.63, 3.8) is 0 Å². The van der Waals surface area contributed by atoms with E-state index >= 15 is 0 Å². The van der Waals surface area contributed by atoms with E-state index in [-0.39, 0.29) is 18.4 Å². The number of hydrogen-bond acceptors (Lipinski definition) is 4. The first-order chi connectivity index (χ1) is 8.88. The van der Waals surface area contributed by atoms with Crippen LogP contribution in [0, 0.1) is 5.41 Å². The normalized spacial score (nSPS) is 19.4. The van der Waals surface area contributed by atoms with Crippen molar-refractivity contribution in [3.8, 4) is 0 Å². The molecule has 1 aliphatic rings. The second-order valence-electron chi connectivity index (χ2n) is 5.46. The van der Waals surface area contributed by atoms with Crippen molar-refractivity contribution in [2.75, 3.05) is 31.8 Å². The van der Waals surface area contributed by atoms with Crippen molar-refractivity contribution in [2.45, 2.75) is 32.7 Å². The number of carbonyl (C=O) groups is 2. The number of hydrogen-bond donors (Lipinski definition) is 1. The summed E-state index contributed by atoms with van der Waals surface area (Å²) in [6.45, 7) is 4.20. The first-order valence-electron chi connectivity index (χ1n) is 6.48. The number of rotatable bonds is 7. The number of carbonyl (C=O) groups excluding carboxylic acids is 1. The van der Waals surface area contributed by atoms with Crippen molar-refractivity contribution in [2.24, 2.45) is 5.41 Å². The molecule has 19 heavy (non-hydrogen) atoms. The zero-order valence-electron chi connectivity index (χ0n) is 11.8. The van der Waals surface area contributed by atoms with E-state index in [1.165, 1.54) is 0 Å². The van der Waals surface area contributed by atoms with Crippen LogP contribution in [-0.4, -0.2) is 59.7 Å². The SMILES string of the molecule is COCCN(C(=O)CC(C)(C)C(=O)O)C1CCSC1. The van der Waals surface area contributed by atoms with E-state index in [2.05, 4.69) is 0 Å². The number of carboxylic acids is 1. The molecular formula is C13H23NO4S. The summed E-state index contributed by atoms with van der Waals surface area (Å²) in [5, 5.41) is 9.11. The summed E-state index contributed by atoms with van der Waals surface area (Å²) in [7, 11) is 1.60. The zero-order chi connectivity index (χ0) is 14.5. The van der Waals surface area contributed by atoms with Crippen LogP contribution in [0.15, 0.2) is 0 Å². The van der Waals surface area contributed by atoms with Crippen LogP contribution < -0.4 is 0 Å². The fraction of sp³-hybridized carbons (Fsp3) is 0.846. The lowest BCUT2D eigenvalue weighted by atomic mass is 9.88. The Morgan fingerprint density at radius 3 is 2.63 bits per heavy atom. The first-order valence-corrected chi connectivity index (χ1v) is 7.63. The number of aliphatic carboxylic acids is 1. The Bertz CT molecular complexity index is 327. The fourth-order valence-electron chi connectivity index (χ4n) is 2.02. The maximum absolute atomic E-state index is 12.4. The van der Waals surface area contributed by atoms with E-state index in [4.69, 9.17) is 9.84 Å². The maximum Gasteiger partial charge on any atom is 0.309 e. The van der Waals surface area contributed by atoms with Crippen molar-refractivity contribution in [3.05, 3.63) is 0 Å². The molecule has 1 rings (SSSR count). The summed E-state index contributed by atoms with van der Waals surface area (Å²) in [4.78, 5) is 25.3. The van der Waals surface area contributed by atoms with Gasteiger partial charge in [0.05, 0.1) is 12.0 Å². The van der Waals surface area contributed by atoms with Gasteiger partial charge in [-0.3, -0.25) is 9.59 Å². The number of nitrogens with zero attached hydrogens (tertiary/aromatic N) is 1. The topological polar surface area (TPSA) is 66.8 Å². The molecule has 0 aromatic heterocycles. The summed E-state index contributed by atoms with van der Waals surface area (Å²) >= 11 is 1.83. The molecule has 0 saturated carbocycles. The van der Waals surface area contributed by atoms with Crippen LogP contribution in [0.3, 0.4) is 0 Å². The lowest BCUT2D eigenvalue weighted by Crippen LogP contribution is -2.44. The molecule has 0 aromatic carbocycles. The van der Waals surface area contributed by atoms with Crippen molar-refractivity contribution >= 4 is 23.6 Å². The highest BCUT2D eigenvalue weighted by Crippen LogP contribution is 2.26. The molecule has 1 aliphatic heterocycles. The number of thioether (sulfide) groups is 1. The van der Waals surface area contributed by atoms with Crippen LogP contribution in [0.1, 0.15) is 26.7 Å². The smallest absolute Gasteiger partial charge is 0.309 e. The molecule has 110 valence electrons. The Morgan fingerprint density at radius 2 is 2.16 bits per heavy atom. The number of methoxy groups -OCH3 is 1. The van der Waals surface area contributed by atoms with Gasteiger partial charge < -0.3 is 14.7 Å². The second kappa shape index (κ2) is 7.14. The molecule has 5 nitrogen and oxygen atoms in total. The van der Waals surface area contributed by atoms with Gasteiger partial charge >= 0.3 is 5.97 Å². The summed E-state index contributed by atoms with van der Waals surface area (Å²) in [6, 6.07) is 0.220. The minimum Gasteiger partial charge on any atom is -0.481 e. The minimum atomic E-state index is -1.02. The predicted molar refractivity (Wildman–Crippen MR) is 75.4 cm³/mol. The van der Waals surface area contributed by atoms with Gasteiger partial charge in [-0.25, -0.2) is 0 Å². The summed E-state index contributed by atoms with van der Waals surface area (Å²) in [5.74, 6) is 0.970. The number of carboxylic acid groups (broad SMARTS) is 1. The Balaban J connectivity index is 2.68. The molecule has 1 heterocycles. The highest BCUT2D eigenvalue weighted by molar-refractivity contribution is 7.99. The standard InChI is InChI=1S/C13H23NO4S/c1-13(2,12(16)17)8-11(15)14(5-6-18-3)10-4-7-19-9-10/h10H,4-9H2,1-3H3,(H,16,17). The highest BCUT2D eigenvalue weighted by Gasteiger charge is 2.34. The van der Waals surface area contributed by atoms with E-state index in [0.29, 0.717) is 13.2 Å². The molecule has 0 bridgehead atoms. The second-order valence-corrected chi connectivity index (χ2v) is 6.61. The van der Waals surface area contributed by atoms with Gasteiger partial charge in [-0.2, -0.15) is 11.8 Å². The monoisotopic (exact) mass is 289 g/mol. The van der Waals surface area contributed by atoms with E-state index < -0.39 is 11.4 Å². The van der Waals surface area contributed by atoms with Gasteiger partial charge in [0.15, 0.2) is 0 Å². The van der Waals surface area contributed by atoms with Gasteiger partial charge in [-0.15, -0.1) is 0 Å². The molecule has 1 N–H and O–H groups in total. The van der Waals surface area contributed by atoms with Crippen LogP contribution in [-0.2, 0) is 14.3 Å². The number of ether oxygens (including phenoxy) is 1. The molecule has 0 aromatic rings. The Kier molecular flexibility index (Phi) is 6.13. The van der Waals surface area contributed by atoms with Crippen molar-refractivity contribution in [1.82, 2.24) is 4.90 Å².